The van der Waals surface area contributed by atoms with Crippen molar-refractivity contribution in [2.24, 2.45) is 0 Å². The predicted octanol–water partition coefficient (Wildman–Crippen LogP) is 3.81. The molecule has 6 nitrogen and oxygen atoms in total. The summed E-state index contributed by atoms with van der Waals surface area (Å²) in [5.41, 5.74) is 1.65. The number of likely N-dealkylation sites (tertiary alicyclic amines) is 1. The van der Waals surface area contributed by atoms with Crippen LogP contribution in [0.4, 0.5) is 5.00 Å². The Bertz CT molecular complexity index is 829. The number of Topliss-reactive ketones (excluding diaryl/α,β-unsaturated/α-hetero) is 1. The van der Waals surface area contributed by atoms with E-state index < -0.39 is 4.92 Å². The van der Waals surface area contributed by atoms with E-state index in [2.05, 4.69) is 9.88 Å². The molecule has 26 heavy (non-hydrogen) atoms. The second kappa shape index (κ2) is 7.09. The molecule has 2 aliphatic rings. The highest BCUT2D eigenvalue weighted by Gasteiger charge is 2.43. The Balaban J connectivity index is 1.39. The van der Waals surface area contributed by atoms with Crippen LogP contribution in [-0.4, -0.2) is 45.0 Å². The molecule has 0 N–H and O–H groups in total. The van der Waals surface area contributed by atoms with E-state index in [0.717, 1.165) is 60.1 Å². The van der Waals surface area contributed by atoms with Gasteiger partial charge in [0.15, 0.2) is 5.78 Å². The monoisotopic (exact) mass is 389 g/mol. The fraction of sp³-hybridized carbons (Fsp3) is 0.444. The Morgan fingerprint density at radius 2 is 2.12 bits per heavy atom. The number of carbonyl (C=O) groups excluding carboxylic acids is 1. The summed E-state index contributed by atoms with van der Waals surface area (Å²) >= 11 is 2.84. The molecule has 2 aromatic rings. The van der Waals surface area contributed by atoms with Crippen LogP contribution in [0.1, 0.15) is 35.3 Å². The van der Waals surface area contributed by atoms with Crippen molar-refractivity contribution in [2.75, 3.05) is 19.6 Å². The number of thioether (sulfide) groups is 1. The highest BCUT2D eigenvalue weighted by molar-refractivity contribution is 8.02. The van der Waals surface area contributed by atoms with Crippen molar-refractivity contribution in [3.05, 3.63) is 51.8 Å². The molecule has 0 atom stereocenters. The fourth-order valence-corrected chi connectivity index (χ4v) is 6.57. The fourth-order valence-electron chi connectivity index (χ4n) is 3.62. The second-order valence-electron chi connectivity index (χ2n) is 6.84. The maximum absolute atomic E-state index is 12.5. The number of aromatic nitrogens is 1. The van der Waals surface area contributed by atoms with Crippen molar-refractivity contribution in [3.8, 4) is 0 Å². The summed E-state index contributed by atoms with van der Waals surface area (Å²) in [4.78, 5) is 29.9. The Morgan fingerprint density at radius 1 is 1.31 bits per heavy atom. The molecule has 4 rings (SSSR count). The van der Waals surface area contributed by atoms with Crippen LogP contribution in [0.2, 0.25) is 0 Å². The molecular formula is C18H19N3O3S2. The van der Waals surface area contributed by atoms with E-state index in [1.807, 2.05) is 24.4 Å². The summed E-state index contributed by atoms with van der Waals surface area (Å²) < 4.78 is 0.736. The van der Waals surface area contributed by atoms with Gasteiger partial charge in [0.1, 0.15) is 0 Å². The molecule has 0 bridgehead atoms. The normalized spacial score (nSPS) is 19.5. The largest absolute Gasteiger partial charge is 0.325 e. The van der Waals surface area contributed by atoms with Gasteiger partial charge in [0, 0.05) is 47.7 Å². The number of nitrogens with zero attached hydrogens (tertiary/aromatic N) is 3. The van der Waals surface area contributed by atoms with Gasteiger partial charge >= 0.3 is 5.00 Å². The number of hydrogen-bond acceptors (Lipinski definition) is 7. The molecule has 0 radical (unpaired) electrons. The minimum Gasteiger partial charge on any atom is -0.303 e. The van der Waals surface area contributed by atoms with E-state index in [1.165, 1.54) is 6.07 Å². The van der Waals surface area contributed by atoms with Crippen LogP contribution >= 0.6 is 23.1 Å². The van der Waals surface area contributed by atoms with E-state index in [-0.39, 0.29) is 15.5 Å². The second-order valence-corrected chi connectivity index (χ2v) is 9.61. The summed E-state index contributed by atoms with van der Waals surface area (Å²) in [6.45, 7) is 2.88. The van der Waals surface area contributed by atoms with Gasteiger partial charge in [-0.2, -0.15) is 0 Å². The van der Waals surface area contributed by atoms with E-state index in [0.29, 0.717) is 12.0 Å². The van der Waals surface area contributed by atoms with Gasteiger partial charge in [-0.1, -0.05) is 17.4 Å². The van der Waals surface area contributed by atoms with Gasteiger partial charge in [-0.3, -0.25) is 19.9 Å². The first kappa shape index (κ1) is 17.6. The zero-order valence-corrected chi connectivity index (χ0v) is 15.9. The van der Waals surface area contributed by atoms with E-state index >= 15 is 0 Å². The predicted molar refractivity (Wildman–Crippen MR) is 102 cm³/mol. The Hall–Kier alpha value is -1.77. The average molecular weight is 390 g/mol. The minimum absolute atomic E-state index is 0.0602. The Morgan fingerprint density at radius 3 is 2.81 bits per heavy atom. The third-order valence-corrected chi connectivity index (χ3v) is 7.91. The molecule has 0 aliphatic carbocycles. The van der Waals surface area contributed by atoms with Crippen molar-refractivity contribution in [1.82, 2.24) is 9.88 Å². The third-order valence-electron chi connectivity index (χ3n) is 5.13. The van der Waals surface area contributed by atoms with Gasteiger partial charge in [-0.25, -0.2) is 0 Å². The maximum atomic E-state index is 12.5. The molecule has 136 valence electrons. The summed E-state index contributed by atoms with van der Waals surface area (Å²) in [5.74, 6) is 0.0602. The molecule has 1 saturated heterocycles. The summed E-state index contributed by atoms with van der Waals surface area (Å²) in [5, 5.41) is 11.1. The van der Waals surface area contributed by atoms with Crippen molar-refractivity contribution >= 4 is 33.9 Å². The Labute approximate surface area is 159 Å². The van der Waals surface area contributed by atoms with E-state index in [1.54, 1.807) is 11.8 Å². The van der Waals surface area contributed by atoms with Gasteiger partial charge in [0.25, 0.3) is 0 Å². The first-order valence-electron chi connectivity index (χ1n) is 8.67. The lowest BCUT2D eigenvalue weighted by molar-refractivity contribution is -0.380. The van der Waals surface area contributed by atoms with Gasteiger partial charge in [-0.15, -0.1) is 11.8 Å². The van der Waals surface area contributed by atoms with E-state index in [9.17, 15) is 14.9 Å². The Kier molecular flexibility index (Phi) is 4.81. The molecule has 2 aliphatic heterocycles. The van der Waals surface area contributed by atoms with Crippen molar-refractivity contribution in [2.45, 2.75) is 34.6 Å². The first-order chi connectivity index (χ1) is 12.5. The van der Waals surface area contributed by atoms with Crippen LogP contribution in [0.15, 0.2) is 34.7 Å². The molecule has 1 fully saturated rings. The van der Waals surface area contributed by atoms with Crippen LogP contribution < -0.4 is 0 Å². The topological polar surface area (TPSA) is 76.3 Å². The smallest absolute Gasteiger partial charge is 0.303 e. The SMILES string of the molecule is O=C1CC2(CCN(CCc3ccccn3)CC2)Sc2sc([N+](=O)[O-])cc21. The van der Waals surface area contributed by atoms with Gasteiger partial charge in [-0.05, 0) is 38.1 Å². The number of ketones is 1. The van der Waals surface area contributed by atoms with Crippen LogP contribution in [-0.2, 0) is 6.42 Å². The first-order valence-corrected chi connectivity index (χ1v) is 10.3. The number of carbonyl (C=O) groups is 1. The highest BCUT2D eigenvalue weighted by Crippen LogP contribution is 2.52. The molecule has 0 amide bonds. The van der Waals surface area contributed by atoms with Crippen LogP contribution in [0.25, 0.3) is 0 Å². The molecular weight excluding hydrogens is 370 g/mol. The van der Waals surface area contributed by atoms with Crippen LogP contribution in [0.3, 0.4) is 0 Å². The number of nitro groups is 1. The lowest BCUT2D eigenvalue weighted by Gasteiger charge is -2.42. The number of piperidine rings is 1. The lowest BCUT2D eigenvalue weighted by Crippen LogP contribution is -2.45. The molecule has 0 saturated carbocycles. The molecule has 0 aromatic carbocycles. The quantitative estimate of drug-likeness (QED) is 0.585. The zero-order chi connectivity index (χ0) is 18.1. The van der Waals surface area contributed by atoms with E-state index in [4.69, 9.17) is 0 Å². The summed E-state index contributed by atoms with van der Waals surface area (Å²) in [6, 6.07) is 7.43. The molecule has 1 spiro atoms. The van der Waals surface area contributed by atoms with Gasteiger partial charge in [0.2, 0.25) is 0 Å². The third kappa shape index (κ3) is 3.54. The van der Waals surface area contributed by atoms with Gasteiger partial charge in [0.05, 0.1) is 9.13 Å². The van der Waals surface area contributed by atoms with Crippen molar-refractivity contribution in [1.29, 1.82) is 0 Å². The number of pyridine rings is 1. The maximum Gasteiger partial charge on any atom is 0.325 e. The number of rotatable bonds is 4. The van der Waals surface area contributed by atoms with Crippen molar-refractivity contribution in [3.63, 3.8) is 0 Å². The molecule has 8 heteroatoms. The number of thiophene rings is 1. The van der Waals surface area contributed by atoms with Crippen LogP contribution in [0, 0.1) is 10.1 Å². The average Bonchev–Trinajstić information content (AvgIpc) is 3.07. The number of hydrogen-bond donors (Lipinski definition) is 0. The van der Waals surface area contributed by atoms with Crippen LogP contribution in [0.5, 0.6) is 0 Å². The molecule has 0 unspecified atom stereocenters. The highest BCUT2D eigenvalue weighted by atomic mass is 32.2. The zero-order valence-electron chi connectivity index (χ0n) is 14.2. The molecule has 4 heterocycles. The molecule has 2 aromatic heterocycles. The minimum atomic E-state index is -0.399. The number of fused-ring (bicyclic) bond motifs is 1. The summed E-state index contributed by atoms with van der Waals surface area (Å²) in [7, 11) is 0. The lowest BCUT2D eigenvalue weighted by atomic mass is 9.88. The summed E-state index contributed by atoms with van der Waals surface area (Å²) in [6.07, 6.45) is 5.13. The van der Waals surface area contributed by atoms with Crippen molar-refractivity contribution < 1.29 is 9.72 Å². The standard InChI is InChI=1S/C18H19N3O3S2/c22-15-12-18(26-17-14(15)11-16(25-17)21(23)24)5-9-20(10-6-18)8-4-13-3-1-2-7-19-13/h1-3,7,11H,4-6,8-10,12H2. The van der Waals surface area contributed by atoms with Gasteiger partial charge < -0.3 is 4.90 Å².